The van der Waals surface area contributed by atoms with Crippen molar-refractivity contribution in [1.29, 1.82) is 0 Å². The van der Waals surface area contributed by atoms with Crippen LogP contribution < -0.4 is 4.74 Å². The first-order valence-corrected chi connectivity index (χ1v) is 11.8. The molecule has 5 nitrogen and oxygen atoms in total. The van der Waals surface area contributed by atoms with Crippen molar-refractivity contribution in [2.75, 3.05) is 27.2 Å². The molecule has 5 heteroatoms. The summed E-state index contributed by atoms with van der Waals surface area (Å²) in [7, 11) is 3.84. The monoisotopic (exact) mass is 445 g/mol. The van der Waals surface area contributed by atoms with E-state index >= 15 is 0 Å². The lowest BCUT2D eigenvalue weighted by Gasteiger charge is -2.40. The van der Waals surface area contributed by atoms with Crippen LogP contribution in [-0.2, 0) is 19.5 Å². The van der Waals surface area contributed by atoms with Crippen LogP contribution in [0.15, 0.2) is 73.1 Å². The highest BCUT2D eigenvalue weighted by Gasteiger charge is 2.29. The molecule has 2 aromatic carbocycles. The summed E-state index contributed by atoms with van der Waals surface area (Å²) in [6.45, 7) is 3.92. The summed E-state index contributed by atoms with van der Waals surface area (Å²) in [4.78, 5) is 9.32. The summed E-state index contributed by atoms with van der Waals surface area (Å²) in [5.41, 5.74) is 3.78. The van der Waals surface area contributed by atoms with E-state index in [0.29, 0.717) is 17.7 Å². The fraction of sp³-hybridized carbons (Fsp3) is 0.393. The first-order chi connectivity index (χ1) is 16.1. The van der Waals surface area contributed by atoms with Crippen molar-refractivity contribution in [3.8, 4) is 11.5 Å². The van der Waals surface area contributed by atoms with Crippen molar-refractivity contribution in [2.24, 2.45) is 5.92 Å². The Morgan fingerprint density at radius 2 is 1.79 bits per heavy atom. The number of aromatic hydroxyl groups is 1. The van der Waals surface area contributed by atoms with E-state index in [1.807, 2.05) is 36.7 Å². The third kappa shape index (κ3) is 6.34. The molecule has 0 aliphatic carbocycles. The predicted molar refractivity (Wildman–Crippen MR) is 132 cm³/mol. The van der Waals surface area contributed by atoms with Gasteiger partial charge in [0.05, 0.1) is 7.11 Å². The molecule has 1 aliphatic rings. The molecule has 2 heterocycles. The van der Waals surface area contributed by atoms with Gasteiger partial charge in [0.1, 0.15) is 0 Å². The number of nitrogens with zero attached hydrogens (tertiary/aromatic N) is 3. The lowest BCUT2D eigenvalue weighted by molar-refractivity contribution is 0.0953. The van der Waals surface area contributed by atoms with Gasteiger partial charge in [-0.3, -0.25) is 14.8 Å². The molecule has 4 rings (SSSR count). The summed E-state index contributed by atoms with van der Waals surface area (Å²) in [5.74, 6) is 1.38. The summed E-state index contributed by atoms with van der Waals surface area (Å²) in [6.07, 6.45) is 7.23. The maximum Gasteiger partial charge on any atom is 0.160 e. The van der Waals surface area contributed by atoms with E-state index in [1.165, 1.54) is 24.0 Å². The third-order valence-corrected chi connectivity index (χ3v) is 6.83. The van der Waals surface area contributed by atoms with E-state index in [-0.39, 0.29) is 5.75 Å². The Morgan fingerprint density at radius 1 is 1.03 bits per heavy atom. The van der Waals surface area contributed by atoms with Crippen molar-refractivity contribution >= 4 is 0 Å². The van der Waals surface area contributed by atoms with Gasteiger partial charge in [-0.15, -0.1) is 0 Å². The topological polar surface area (TPSA) is 48.8 Å². The zero-order chi connectivity index (χ0) is 23.0. The molecule has 1 aliphatic heterocycles. The Morgan fingerprint density at radius 3 is 2.45 bits per heavy atom. The second-order valence-corrected chi connectivity index (χ2v) is 9.15. The van der Waals surface area contributed by atoms with Crippen LogP contribution in [0.2, 0.25) is 0 Å². The van der Waals surface area contributed by atoms with Crippen LogP contribution in [-0.4, -0.2) is 53.2 Å². The number of methoxy groups -OCH3 is 1. The molecule has 1 aromatic heterocycles. The van der Waals surface area contributed by atoms with Gasteiger partial charge in [0.25, 0.3) is 0 Å². The maximum atomic E-state index is 10.1. The van der Waals surface area contributed by atoms with Gasteiger partial charge in [-0.2, -0.15) is 0 Å². The normalized spacial score (nSPS) is 16.1. The van der Waals surface area contributed by atoms with Crippen molar-refractivity contribution in [1.82, 2.24) is 14.8 Å². The van der Waals surface area contributed by atoms with E-state index in [9.17, 15) is 5.11 Å². The van der Waals surface area contributed by atoms with Crippen LogP contribution >= 0.6 is 0 Å². The van der Waals surface area contributed by atoms with Gasteiger partial charge in [0, 0.05) is 31.5 Å². The molecule has 1 atom stereocenters. The molecule has 1 fully saturated rings. The van der Waals surface area contributed by atoms with E-state index < -0.39 is 0 Å². The Bertz CT molecular complexity index is 989. The minimum atomic E-state index is 0.213. The number of likely N-dealkylation sites (tertiary alicyclic amines) is 1. The number of phenolic OH excluding ortho intramolecular Hbond substituents is 1. The minimum Gasteiger partial charge on any atom is -0.504 e. The highest BCUT2D eigenvalue weighted by molar-refractivity contribution is 5.41. The molecule has 0 radical (unpaired) electrons. The zero-order valence-electron chi connectivity index (χ0n) is 19.7. The number of rotatable bonds is 9. The van der Waals surface area contributed by atoms with E-state index in [2.05, 4.69) is 58.2 Å². The van der Waals surface area contributed by atoms with Gasteiger partial charge >= 0.3 is 0 Å². The fourth-order valence-electron chi connectivity index (χ4n) is 5.02. The Hall–Kier alpha value is -2.89. The molecule has 0 saturated carbocycles. The molecule has 3 aromatic rings. The SMILES string of the molecule is COc1ccc(CN2CCC([C@@H](Cc3ccccc3)N(C)Cc3cccnc3)CC2)cc1O. The number of piperidine rings is 1. The lowest BCUT2D eigenvalue weighted by atomic mass is 9.84. The summed E-state index contributed by atoms with van der Waals surface area (Å²) >= 11 is 0. The van der Waals surface area contributed by atoms with E-state index in [1.54, 1.807) is 7.11 Å². The van der Waals surface area contributed by atoms with Crippen molar-refractivity contribution in [2.45, 2.75) is 38.4 Å². The average Bonchev–Trinajstić information content (AvgIpc) is 2.84. The van der Waals surface area contributed by atoms with E-state index in [0.717, 1.165) is 38.2 Å². The highest BCUT2D eigenvalue weighted by Crippen LogP contribution is 2.30. The number of benzene rings is 2. The molecule has 0 unspecified atom stereocenters. The fourth-order valence-corrected chi connectivity index (χ4v) is 5.02. The van der Waals surface area contributed by atoms with Gasteiger partial charge in [-0.05, 0) is 80.2 Å². The minimum absolute atomic E-state index is 0.213. The highest BCUT2D eigenvalue weighted by atomic mass is 16.5. The number of likely N-dealkylation sites (N-methyl/N-ethyl adjacent to an activating group) is 1. The first-order valence-electron chi connectivity index (χ1n) is 11.8. The van der Waals surface area contributed by atoms with Crippen LogP contribution in [0.1, 0.15) is 29.5 Å². The third-order valence-electron chi connectivity index (χ3n) is 6.83. The lowest BCUT2D eigenvalue weighted by Crippen LogP contribution is -2.44. The molecule has 174 valence electrons. The van der Waals surface area contributed by atoms with Crippen LogP contribution in [0.3, 0.4) is 0 Å². The van der Waals surface area contributed by atoms with Gasteiger partial charge < -0.3 is 9.84 Å². The van der Waals surface area contributed by atoms with Crippen LogP contribution in [0.4, 0.5) is 0 Å². The van der Waals surface area contributed by atoms with Gasteiger partial charge in [-0.25, -0.2) is 0 Å². The van der Waals surface area contributed by atoms with Crippen molar-refractivity contribution in [3.63, 3.8) is 0 Å². The average molecular weight is 446 g/mol. The first kappa shape index (κ1) is 23.3. The second kappa shape index (κ2) is 11.3. The van der Waals surface area contributed by atoms with Gasteiger partial charge in [-0.1, -0.05) is 42.5 Å². The number of aromatic nitrogens is 1. The van der Waals surface area contributed by atoms with Crippen molar-refractivity contribution in [3.05, 3.63) is 89.7 Å². The molecule has 0 bridgehead atoms. The number of hydrogen-bond donors (Lipinski definition) is 1. The van der Waals surface area contributed by atoms with Gasteiger partial charge in [0.2, 0.25) is 0 Å². The molecule has 1 N–H and O–H groups in total. The molecular formula is C28H35N3O2. The molecule has 0 spiro atoms. The molecule has 1 saturated heterocycles. The Labute approximate surface area is 197 Å². The molecule has 33 heavy (non-hydrogen) atoms. The molecule has 0 amide bonds. The molecular weight excluding hydrogens is 410 g/mol. The summed E-state index contributed by atoms with van der Waals surface area (Å²) in [6, 6.07) is 21.2. The number of pyridine rings is 1. The van der Waals surface area contributed by atoms with Crippen LogP contribution in [0.5, 0.6) is 11.5 Å². The quantitative estimate of drug-likeness (QED) is 0.515. The number of ether oxygens (including phenoxy) is 1. The largest absolute Gasteiger partial charge is 0.504 e. The Balaban J connectivity index is 1.40. The standard InChI is InChI=1S/C28H35N3O2/c1-30(20-24-9-6-14-29-19-24)26(17-22-7-4-3-5-8-22)25-12-15-31(16-13-25)21-23-10-11-28(33-2)27(32)18-23/h3-11,14,18-19,25-26,32H,12-13,15-17,20-21H2,1-2H3/t26-/m1/s1. The Kier molecular flexibility index (Phi) is 7.97. The summed E-state index contributed by atoms with van der Waals surface area (Å²) in [5, 5.41) is 10.1. The predicted octanol–water partition coefficient (Wildman–Crippen LogP) is 4.75. The summed E-state index contributed by atoms with van der Waals surface area (Å²) < 4.78 is 5.17. The maximum absolute atomic E-state index is 10.1. The van der Waals surface area contributed by atoms with E-state index in [4.69, 9.17) is 4.74 Å². The second-order valence-electron chi connectivity index (χ2n) is 9.15. The number of hydrogen-bond acceptors (Lipinski definition) is 5. The van der Waals surface area contributed by atoms with Crippen LogP contribution in [0, 0.1) is 5.92 Å². The van der Waals surface area contributed by atoms with Crippen LogP contribution in [0.25, 0.3) is 0 Å². The van der Waals surface area contributed by atoms with Crippen molar-refractivity contribution < 1.29 is 9.84 Å². The van der Waals surface area contributed by atoms with Gasteiger partial charge in [0.15, 0.2) is 11.5 Å². The number of phenols is 1. The zero-order valence-corrected chi connectivity index (χ0v) is 19.7. The smallest absolute Gasteiger partial charge is 0.160 e.